The molecule has 1 unspecified atom stereocenters. The molecule has 1 fully saturated rings. The largest absolute Gasteiger partial charge is 0.356 e. The van der Waals surface area contributed by atoms with E-state index in [0.29, 0.717) is 12.6 Å². The van der Waals surface area contributed by atoms with E-state index in [4.69, 9.17) is 5.26 Å². The minimum absolute atomic E-state index is 0.0288. The fourth-order valence-corrected chi connectivity index (χ4v) is 2.04. The lowest BCUT2D eigenvalue weighted by molar-refractivity contribution is -0.121. The summed E-state index contributed by atoms with van der Waals surface area (Å²) >= 11 is 0. The number of hydrogen-bond donors (Lipinski definition) is 2. The molecule has 0 aromatic rings. The van der Waals surface area contributed by atoms with Gasteiger partial charge in [0.15, 0.2) is 0 Å². The van der Waals surface area contributed by atoms with Crippen molar-refractivity contribution < 1.29 is 4.79 Å². The molecule has 0 aromatic heterocycles. The third kappa shape index (κ3) is 4.63. The molecule has 1 atom stereocenters. The quantitative estimate of drug-likeness (QED) is 0.714. The molecule has 2 N–H and O–H groups in total. The molecule has 0 saturated heterocycles. The Kier molecular flexibility index (Phi) is 5.87. The highest BCUT2D eigenvalue weighted by molar-refractivity contribution is 5.76. The van der Waals surface area contributed by atoms with Crippen molar-refractivity contribution in [3.8, 4) is 6.07 Å². The molecule has 4 heteroatoms. The van der Waals surface area contributed by atoms with Gasteiger partial charge in [-0.05, 0) is 19.3 Å². The van der Waals surface area contributed by atoms with Crippen LogP contribution in [-0.2, 0) is 4.79 Å². The van der Waals surface area contributed by atoms with Gasteiger partial charge in [-0.2, -0.15) is 5.26 Å². The molecule has 0 spiro atoms. The molecule has 1 amide bonds. The Hall–Kier alpha value is -1.08. The van der Waals surface area contributed by atoms with Gasteiger partial charge in [-0.25, -0.2) is 0 Å². The predicted octanol–water partition coefficient (Wildman–Crippen LogP) is 1.33. The number of carbonyl (C=O) groups excluding carboxylic acids is 1. The zero-order chi connectivity index (χ0) is 11.8. The molecular formula is C12H21N3O. The van der Waals surface area contributed by atoms with Gasteiger partial charge in [0.05, 0.1) is 12.5 Å². The Morgan fingerprint density at radius 2 is 2.19 bits per heavy atom. The number of amides is 1. The molecule has 1 rings (SSSR count). The van der Waals surface area contributed by atoms with Crippen molar-refractivity contribution in [1.82, 2.24) is 10.6 Å². The Balaban J connectivity index is 2.25. The Morgan fingerprint density at radius 1 is 1.50 bits per heavy atom. The molecule has 0 radical (unpaired) electrons. The lowest BCUT2D eigenvalue weighted by Gasteiger charge is -2.16. The van der Waals surface area contributed by atoms with Gasteiger partial charge in [0.25, 0.3) is 0 Å². The van der Waals surface area contributed by atoms with E-state index in [1.165, 1.54) is 12.8 Å². The molecule has 1 aliphatic rings. The fraction of sp³-hybridized carbons (Fsp3) is 0.833. The number of nitrogens with zero attached hydrogens (tertiary/aromatic N) is 1. The summed E-state index contributed by atoms with van der Waals surface area (Å²) in [5, 5.41) is 15.0. The summed E-state index contributed by atoms with van der Waals surface area (Å²) in [6.07, 6.45) is 5.94. The molecule has 0 aromatic carbocycles. The maximum absolute atomic E-state index is 11.4. The van der Waals surface area contributed by atoms with Crippen molar-refractivity contribution >= 4 is 5.91 Å². The van der Waals surface area contributed by atoms with E-state index < -0.39 is 0 Å². The van der Waals surface area contributed by atoms with Gasteiger partial charge in [0.2, 0.25) is 5.91 Å². The molecule has 4 nitrogen and oxygen atoms in total. The van der Waals surface area contributed by atoms with Crippen LogP contribution in [0, 0.1) is 11.3 Å². The maximum Gasteiger partial charge on any atom is 0.222 e. The van der Waals surface area contributed by atoms with Crippen LogP contribution in [0.2, 0.25) is 0 Å². The SMILES string of the molecule is CCCNC(=O)CC(C#N)NC1CCCC1. The zero-order valence-corrected chi connectivity index (χ0v) is 9.96. The smallest absolute Gasteiger partial charge is 0.222 e. The van der Waals surface area contributed by atoms with Crippen LogP contribution in [-0.4, -0.2) is 24.5 Å². The van der Waals surface area contributed by atoms with E-state index in [2.05, 4.69) is 16.7 Å². The van der Waals surface area contributed by atoms with Crippen LogP contribution in [0.1, 0.15) is 45.4 Å². The van der Waals surface area contributed by atoms with Gasteiger partial charge in [0.1, 0.15) is 6.04 Å². The summed E-state index contributed by atoms with van der Waals surface area (Å²) in [5.74, 6) is -0.0288. The second kappa shape index (κ2) is 7.24. The maximum atomic E-state index is 11.4. The van der Waals surface area contributed by atoms with Crippen LogP contribution in [0.5, 0.6) is 0 Å². The first kappa shape index (κ1) is 13.0. The highest BCUT2D eigenvalue weighted by Gasteiger charge is 2.20. The number of nitriles is 1. The van der Waals surface area contributed by atoms with Crippen LogP contribution < -0.4 is 10.6 Å². The third-order valence-electron chi connectivity index (χ3n) is 2.91. The van der Waals surface area contributed by atoms with Crippen molar-refractivity contribution in [3.63, 3.8) is 0 Å². The van der Waals surface area contributed by atoms with E-state index in [0.717, 1.165) is 19.3 Å². The first-order chi connectivity index (χ1) is 7.76. The van der Waals surface area contributed by atoms with Crippen LogP contribution in [0.25, 0.3) is 0 Å². The normalized spacial score (nSPS) is 18.0. The van der Waals surface area contributed by atoms with Crippen molar-refractivity contribution in [1.29, 1.82) is 5.26 Å². The van der Waals surface area contributed by atoms with Crippen molar-refractivity contribution in [2.24, 2.45) is 0 Å². The van der Waals surface area contributed by atoms with E-state index >= 15 is 0 Å². The number of hydrogen-bond acceptors (Lipinski definition) is 3. The lowest BCUT2D eigenvalue weighted by Crippen LogP contribution is -2.39. The highest BCUT2D eigenvalue weighted by Crippen LogP contribution is 2.18. The molecule has 90 valence electrons. The Labute approximate surface area is 97.4 Å². The van der Waals surface area contributed by atoms with Gasteiger partial charge < -0.3 is 5.32 Å². The zero-order valence-electron chi connectivity index (χ0n) is 9.96. The minimum Gasteiger partial charge on any atom is -0.356 e. The molecule has 0 aliphatic heterocycles. The first-order valence-electron chi connectivity index (χ1n) is 6.18. The average Bonchev–Trinajstić information content (AvgIpc) is 2.78. The van der Waals surface area contributed by atoms with E-state index in [1.807, 2.05) is 6.92 Å². The third-order valence-corrected chi connectivity index (χ3v) is 2.91. The highest BCUT2D eigenvalue weighted by atomic mass is 16.1. The van der Waals surface area contributed by atoms with Gasteiger partial charge in [-0.15, -0.1) is 0 Å². The topological polar surface area (TPSA) is 64.9 Å². The second-order valence-corrected chi connectivity index (χ2v) is 4.38. The van der Waals surface area contributed by atoms with E-state index in [9.17, 15) is 4.79 Å². The summed E-state index contributed by atoms with van der Waals surface area (Å²) in [5.41, 5.74) is 0. The fourth-order valence-electron chi connectivity index (χ4n) is 2.04. The van der Waals surface area contributed by atoms with Crippen molar-refractivity contribution in [3.05, 3.63) is 0 Å². The Bertz CT molecular complexity index is 253. The summed E-state index contributed by atoms with van der Waals surface area (Å²) in [6.45, 7) is 2.71. The molecule has 0 bridgehead atoms. The Morgan fingerprint density at radius 3 is 2.75 bits per heavy atom. The standard InChI is InChI=1S/C12H21N3O/c1-2-7-14-12(16)8-11(9-13)15-10-5-3-4-6-10/h10-11,15H,2-8H2,1H3,(H,14,16). The number of nitrogens with one attached hydrogen (secondary N) is 2. The van der Waals surface area contributed by atoms with Crippen molar-refractivity contribution in [2.75, 3.05) is 6.54 Å². The predicted molar refractivity (Wildman–Crippen MR) is 62.7 cm³/mol. The van der Waals surface area contributed by atoms with Gasteiger partial charge in [-0.1, -0.05) is 19.8 Å². The van der Waals surface area contributed by atoms with Gasteiger partial charge >= 0.3 is 0 Å². The van der Waals surface area contributed by atoms with Crippen LogP contribution in [0.4, 0.5) is 0 Å². The summed E-state index contributed by atoms with van der Waals surface area (Å²) in [6, 6.07) is 2.26. The van der Waals surface area contributed by atoms with Crippen LogP contribution in [0.3, 0.4) is 0 Å². The average molecular weight is 223 g/mol. The lowest BCUT2D eigenvalue weighted by atomic mass is 10.1. The molecule has 0 heterocycles. The van der Waals surface area contributed by atoms with Gasteiger partial charge in [0, 0.05) is 12.6 Å². The summed E-state index contributed by atoms with van der Waals surface area (Å²) < 4.78 is 0. The molecule has 1 saturated carbocycles. The van der Waals surface area contributed by atoms with Crippen LogP contribution >= 0.6 is 0 Å². The second-order valence-electron chi connectivity index (χ2n) is 4.38. The molecule has 16 heavy (non-hydrogen) atoms. The van der Waals surface area contributed by atoms with E-state index in [-0.39, 0.29) is 18.4 Å². The number of carbonyl (C=O) groups is 1. The monoisotopic (exact) mass is 223 g/mol. The first-order valence-corrected chi connectivity index (χ1v) is 6.18. The number of rotatable bonds is 6. The van der Waals surface area contributed by atoms with Crippen LogP contribution in [0.15, 0.2) is 0 Å². The summed E-state index contributed by atoms with van der Waals surface area (Å²) in [4.78, 5) is 11.4. The summed E-state index contributed by atoms with van der Waals surface area (Å²) in [7, 11) is 0. The minimum atomic E-state index is -0.333. The van der Waals surface area contributed by atoms with Gasteiger partial charge in [-0.3, -0.25) is 10.1 Å². The van der Waals surface area contributed by atoms with E-state index in [1.54, 1.807) is 0 Å². The molecule has 1 aliphatic carbocycles. The van der Waals surface area contributed by atoms with Crippen molar-refractivity contribution in [2.45, 2.75) is 57.5 Å². The molecular weight excluding hydrogens is 202 g/mol.